The van der Waals surface area contributed by atoms with Crippen LogP contribution in [0, 0.1) is 0 Å². The van der Waals surface area contributed by atoms with Crippen LogP contribution in [0.5, 0.6) is 0 Å². The molecule has 0 unspecified atom stereocenters. The number of aromatic nitrogens is 1. The zero-order valence-corrected chi connectivity index (χ0v) is 12.9. The van der Waals surface area contributed by atoms with E-state index in [1.165, 1.54) is 22.0 Å². The normalized spacial score (nSPS) is 11.4. The van der Waals surface area contributed by atoms with E-state index in [-0.39, 0.29) is 6.61 Å². The minimum atomic E-state index is 0.104. The van der Waals surface area contributed by atoms with Crippen molar-refractivity contribution in [3.05, 3.63) is 71.4 Å². The van der Waals surface area contributed by atoms with Crippen molar-refractivity contribution < 1.29 is 5.11 Å². The third-order valence-electron chi connectivity index (χ3n) is 4.17. The second-order valence-electron chi connectivity index (χ2n) is 5.77. The van der Waals surface area contributed by atoms with Crippen LogP contribution < -0.4 is 0 Å². The van der Waals surface area contributed by atoms with Crippen LogP contribution in [0.2, 0.25) is 0 Å². The number of hydrogen-bond donors (Lipinski definition) is 2. The minimum absolute atomic E-state index is 0.104. The fourth-order valence-corrected chi connectivity index (χ4v) is 2.89. The van der Waals surface area contributed by atoms with Crippen LogP contribution in [-0.4, -0.2) is 28.6 Å². The predicted octanol–water partition coefficient (Wildman–Crippen LogP) is 3.33. The average molecular weight is 294 g/mol. The standard InChI is InChI=1S/C19H22N2O/c1-21(13-16-6-2-3-7-17(16)14-22)11-10-15-12-20-19-9-5-4-8-18(15)19/h2-9,12,20,22H,10-11,13-14H2,1H3. The Morgan fingerprint density at radius 1 is 0.955 bits per heavy atom. The summed E-state index contributed by atoms with van der Waals surface area (Å²) in [6, 6.07) is 16.5. The van der Waals surface area contributed by atoms with Crippen molar-refractivity contribution in [3.8, 4) is 0 Å². The lowest BCUT2D eigenvalue weighted by Crippen LogP contribution is -2.21. The molecule has 3 nitrogen and oxygen atoms in total. The Morgan fingerprint density at radius 2 is 1.68 bits per heavy atom. The Hall–Kier alpha value is -2.10. The van der Waals surface area contributed by atoms with Crippen LogP contribution >= 0.6 is 0 Å². The maximum Gasteiger partial charge on any atom is 0.0685 e. The number of H-pyrrole nitrogens is 1. The lowest BCUT2D eigenvalue weighted by atomic mass is 10.1. The summed E-state index contributed by atoms with van der Waals surface area (Å²) in [4.78, 5) is 5.63. The van der Waals surface area contributed by atoms with Gasteiger partial charge >= 0.3 is 0 Å². The fourth-order valence-electron chi connectivity index (χ4n) is 2.89. The number of likely N-dealkylation sites (N-methyl/N-ethyl adjacent to an activating group) is 1. The Kier molecular flexibility index (Phi) is 4.56. The van der Waals surface area contributed by atoms with Gasteiger partial charge in [0.05, 0.1) is 6.61 Å². The first-order chi connectivity index (χ1) is 10.8. The monoisotopic (exact) mass is 294 g/mol. The van der Waals surface area contributed by atoms with Gasteiger partial charge in [-0.1, -0.05) is 42.5 Å². The van der Waals surface area contributed by atoms with Gasteiger partial charge < -0.3 is 15.0 Å². The van der Waals surface area contributed by atoms with Crippen molar-refractivity contribution in [2.45, 2.75) is 19.6 Å². The summed E-state index contributed by atoms with van der Waals surface area (Å²) in [5.41, 5.74) is 4.77. The van der Waals surface area contributed by atoms with E-state index in [2.05, 4.69) is 53.5 Å². The van der Waals surface area contributed by atoms with Gasteiger partial charge in [-0.3, -0.25) is 0 Å². The molecule has 0 fully saturated rings. The number of aliphatic hydroxyl groups is 1. The molecule has 1 aromatic heterocycles. The lowest BCUT2D eigenvalue weighted by Gasteiger charge is -2.18. The molecule has 0 aliphatic heterocycles. The van der Waals surface area contributed by atoms with Crippen LogP contribution in [-0.2, 0) is 19.6 Å². The summed E-state index contributed by atoms with van der Waals surface area (Å²) in [6.45, 7) is 1.95. The number of benzene rings is 2. The van der Waals surface area contributed by atoms with Crippen LogP contribution in [0.25, 0.3) is 10.9 Å². The number of aromatic amines is 1. The predicted molar refractivity (Wildman–Crippen MR) is 90.7 cm³/mol. The molecule has 114 valence electrons. The molecule has 0 saturated carbocycles. The Morgan fingerprint density at radius 3 is 2.50 bits per heavy atom. The van der Waals surface area contributed by atoms with Gasteiger partial charge in [-0.15, -0.1) is 0 Å². The van der Waals surface area contributed by atoms with Crippen molar-refractivity contribution >= 4 is 10.9 Å². The van der Waals surface area contributed by atoms with E-state index in [1.54, 1.807) is 0 Å². The summed E-state index contributed by atoms with van der Waals surface area (Å²) in [7, 11) is 2.13. The lowest BCUT2D eigenvalue weighted by molar-refractivity contribution is 0.275. The molecule has 3 rings (SSSR count). The molecule has 0 aliphatic rings. The molecule has 0 atom stereocenters. The SMILES string of the molecule is CN(CCc1c[nH]c2ccccc12)Cc1ccccc1CO. The van der Waals surface area contributed by atoms with E-state index < -0.39 is 0 Å². The summed E-state index contributed by atoms with van der Waals surface area (Å²) >= 11 is 0. The van der Waals surface area contributed by atoms with E-state index >= 15 is 0 Å². The van der Waals surface area contributed by atoms with Gasteiger partial charge in [0, 0.05) is 30.2 Å². The second-order valence-corrected chi connectivity index (χ2v) is 5.77. The number of para-hydroxylation sites is 1. The van der Waals surface area contributed by atoms with Crippen molar-refractivity contribution in [1.82, 2.24) is 9.88 Å². The smallest absolute Gasteiger partial charge is 0.0685 e. The molecule has 0 spiro atoms. The van der Waals surface area contributed by atoms with E-state index in [4.69, 9.17) is 0 Å². The topological polar surface area (TPSA) is 39.3 Å². The van der Waals surface area contributed by atoms with E-state index in [1.807, 2.05) is 18.2 Å². The van der Waals surface area contributed by atoms with Gasteiger partial charge in [-0.05, 0) is 36.2 Å². The van der Waals surface area contributed by atoms with E-state index in [0.29, 0.717) is 0 Å². The van der Waals surface area contributed by atoms with Crippen LogP contribution in [0.1, 0.15) is 16.7 Å². The molecular weight excluding hydrogens is 272 g/mol. The number of aliphatic hydroxyl groups excluding tert-OH is 1. The van der Waals surface area contributed by atoms with Crippen molar-refractivity contribution in [2.24, 2.45) is 0 Å². The van der Waals surface area contributed by atoms with Crippen molar-refractivity contribution in [3.63, 3.8) is 0 Å². The maximum atomic E-state index is 9.41. The molecule has 22 heavy (non-hydrogen) atoms. The molecule has 3 heteroatoms. The summed E-state index contributed by atoms with van der Waals surface area (Å²) < 4.78 is 0. The van der Waals surface area contributed by atoms with Gasteiger partial charge in [0.15, 0.2) is 0 Å². The van der Waals surface area contributed by atoms with Crippen molar-refractivity contribution in [2.75, 3.05) is 13.6 Å². The molecule has 1 heterocycles. The molecule has 3 aromatic rings. The summed E-state index contributed by atoms with van der Waals surface area (Å²) in [5, 5.41) is 10.7. The van der Waals surface area contributed by atoms with Crippen LogP contribution in [0.15, 0.2) is 54.7 Å². The third kappa shape index (κ3) is 3.21. The van der Waals surface area contributed by atoms with Crippen molar-refractivity contribution in [1.29, 1.82) is 0 Å². The van der Waals surface area contributed by atoms with Gasteiger partial charge in [-0.2, -0.15) is 0 Å². The van der Waals surface area contributed by atoms with Crippen LogP contribution in [0.3, 0.4) is 0 Å². The minimum Gasteiger partial charge on any atom is -0.392 e. The zero-order chi connectivity index (χ0) is 15.4. The summed E-state index contributed by atoms with van der Waals surface area (Å²) in [5.74, 6) is 0. The molecule has 0 radical (unpaired) electrons. The zero-order valence-electron chi connectivity index (χ0n) is 12.9. The third-order valence-corrected chi connectivity index (χ3v) is 4.17. The molecule has 2 aromatic carbocycles. The highest BCUT2D eigenvalue weighted by molar-refractivity contribution is 5.83. The fraction of sp³-hybridized carbons (Fsp3) is 0.263. The highest BCUT2D eigenvalue weighted by Crippen LogP contribution is 2.18. The highest BCUT2D eigenvalue weighted by Gasteiger charge is 2.07. The molecular formula is C19H22N2O. The Balaban J connectivity index is 1.64. The first-order valence-corrected chi connectivity index (χ1v) is 7.69. The van der Waals surface area contributed by atoms with Gasteiger partial charge in [-0.25, -0.2) is 0 Å². The molecule has 0 bridgehead atoms. The molecule has 0 saturated heterocycles. The van der Waals surface area contributed by atoms with Crippen LogP contribution in [0.4, 0.5) is 0 Å². The number of hydrogen-bond acceptors (Lipinski definition) is 2. The molecule has 2 N–H and O–H groups in total. The first kappa shape index (κ1) is 14.8. The van der Waals surface area contributed by atoms with Gasteiger partial charge in [0.25, 0.3) is 0 Å². The van der Waals surface area contributed by atoms with Gasteiger partial charge in [0.1, 0.15) is 0 Å². The van der Waals surface area contributed by atoms with Gasteiger partial charge in [0.2, 0.25) is 0 Å². The number of fused-ring (bicyclic) bond motifs is 1. The highest BCUT2D eigenvalue weighted by atomic mass is 16.3. The average Bonchev–Trinajstić information content (AvgIpc) is 2.97. The maximum absolute atomic E-state index is 9.41. The van der Waals surface area contributed by atoms with E-state index in [9.17, 15) is 5.11 Å². The number of nitrogens with one attached hydrogen (secondary N) is 1. The number of nitrogens with zero attached hydrogens (tertiary/aromatic N) is 1. The Bertz CT molecular complexity index is 748. The second kappa shape index (κ2) is 6.77. The quantitative estimate of drug-likeness (QED) is 0.732. The first-order valence-electron chi connectivity index (χ1n) is 7.69. The molecule has 0 aliphatic carbocycles. The van der Waals surface area contributed by atoms with E-state index in [0.717, 1.165) is 25.1 Å². The Labute approximate surface area is 131 Å². The molecule has 0 amide bonds. The summed E-state index contributed by atoms with van der Waals surface area (Å²) in [6.07, 6.45) is 3.13. The number of rotatable bonds is 6. The largest absolute Gasteiger partial charge is 0.392 e.